The van der Waals surface area contributed by atoms with Crippen molar-refractivity contribution in [3.8, 4) is 0 Å². The van der Waals surface area contributed by atoms with Crippen molar-refractivity contribution in [3.63, 3.8) is 0 Å². The zero-order chi connectivity index (χ0) is 13.8. The average molecular weight is 286 g/mol. The molecule has 0 aliphatic carbocycles. The van der Waals surface area contributed by atoms with E-state index in [0.29, 0.717) is 11.9 Å². The van der Waals surface area contributed by atoms with Crippen LogP contribution in [-0.4, -0.2) is 55.4 Å². The second kappa shape index (κ2) is 6.34. The second-order valence-corrected chi connectivity index (χ2v) is 5.31. The minimum absolute atomic E-state index is 0.213. The van der Waals surface area contributed by atoms with E-state index in [9.17, 15) is 0 Å². The number of likely N-dealkylation sites (N-methyl/N-ethyl adjacent to an activating group) is 1. The van der Waals surface area contributed by atoms with Gasteiger partial charge in [0, 0.05) is 34.3 Å². The van der Waals surface area contributed by atoms with Crippen LogP contribution in [0.25, 0.3) is 0 Å². The van der Waals surface area contributed by atoms with Crippen LogP contribution in [0.15, 0.2) is 0 Å². The Morgan fingerprint density at radius 3 is 2.53 bits per heavy atom. The Hall–Kier alpha value is -1.14. The summed E-state index contributed by atoms with van der Waals surface area (Å²) in [6, 6.07) is 0. The fourth-order valence-electron chi connectivity index (χ4n) is 2.04. The van der Waals surface area contributed by atoms with E-state index in [1.807, 2.05) is 30.9 Å². The molecule has 1 fully saturated rings. The summed E-state index contributed by atoms with van der Waals surface area (Å²) in [6.45, 7) is 1.62. The third kappa shape index (κ3) is 3.91. The van der Waals surface area contributed by atoms with Gasteiger partial charge in [-0.05, 0) is 30.9 Å². The van der Waals surface area contributed by atoms with Gasteiger partial charge >= 0.3 is 0 Å². The van der Waals surface area contributed by atoms with E-state index in [0.717, 1.165) is 26.0 Å². The van der Waals surface area contributed by atoms with E-state index in [-0.39, 0.29) is 11.4 Å². The van der Waals surface area contributed by atoms with Gasteiger partial charge in [0.25, 0.3) is 0 Å². The monoisotopic (exact) mass is 285 g/mol. The molecule has 0 spiro atoms. The van der Waals surface area contributed by atoms with Crippen molar-refractivity contribution < 1.29 is 4.74 Å². The second-order valence-electron chi connectivity index (χ2n) is 4.97. The van der Waals surface area contributed by atoms with E-state index >= 15 is 0 Å². The first kappa shape index (κ1) is 14.3. The number of aromatic nitrogens is 3. The van der Waals surface area contributed by atoms with Crippen LogP contribution >= 0.6 is 11.6 Å². The van der Waals surface area contributed by atoms with Crippen molar-refractivity contribution in [2.45, 2.75) is 25.4 Å². The molecule has 6 nitrogen and oxygen atoms in total. The highest BCUT2D eigenvalue weighted by molar-refractivity contribution is 6.28. The maximum atomic E-state index is 5.93. The lowest BCUT2D eigenvalue weighted by molar-refractivity contribution is 0.0214. The SMILES string of the molecule is CN(C)c1nc(Cl)nc(N(C)CC2CCCCO2)n1. The minimum atomic E-state index is 0.213. The van der Waals surface area contributed by atoms with Gasteiger partial charge in [0.2, 0.25) is 17.2 Å². The summed E-state index contributed by atoms with van der Waals surface area (Å²) >= 11 is 5.93. The van der Waals surface area contributed by atoms with Gasteiger partial charge in [-0.2, -0.15) is 15.0 Å². The van der Waals surface area contributed by atoms with Crippen molar-refractivity contribution >= 4 is 23.5 Å². The third-order valence-electron chi connectivity index (χ3n) is 3.08. The first-order valence-corrected chi connectivity index (χ1v) is 6.85. The minimum Gasteiger partial charge on any atom is -0.376 e. The van der Waals surface area contributed by atoms with Gasteiger partial charge in [0.1, 0.15) is 0 Å². The van der Waals surface area contributed by atoms with Crippen molar-refractivity contribution in [1.29, 1.82) is 0 Å². The maximum Gasteiger partial charge on any atom is 0.231 e. The molecule has 1 aliphatic rings. The van der Waals surface area contributed by atoms with E-state index in [2.05, 4.69) is 15.0 Å². The zero-order valence-corrected chi connectivity index (χ0v) is 12.4. The summed E-state index contributed by atoms with van der Waals surface area (Å²) < 4.78 is 5.72. The highest BCUT2D eigenvalue weighted by atomic mass is 35.5. The lowest BCUT2D eigenvalue weighted by Gasteiger charge is -2.27. The van der Waals surface area contributed by atoms with Crippen molar-refractivity contribution in [1.82, 2.24) is 15.0 Å². The molecule has 1 saturated heterocycles. The number of nitrogens with zero attached hydrogens (tertiary/aromatic N) is 5. The Kier molecular flexibility index (Phi) is 4.76. The van der Waals surface area contributed by atoms with Gasteiger partial charge in [0.05, 0.1) is 6.10 Å². The lowest BCUT2D eigenvalue weighted by atomic mass is 10.1. The zero-order valence-electron chi connectivity index (χ0n) is 11.6. The quantitative estimate of drug-likeness (QED) is 0.837. The molecule has 0 bridgehead atoms. The molecule has 0 amide bonds. The first-order valence-electron chi connectivity index (χ1n) is 6.48. The van der Waals surface area contributed by atoms with Gasteiger partial charge in [0.15, 0.2) is 0 Å². The fourth-order valence-corrected chi connectivity index (χ4v) is 2.19. The molecule has 1 unspecified atom stereocenters. The van der Waals surface area contributed by atoms with Gasteiger partial charge in [-0.3, -0.25) is 0 Å². The van der Waals surface area contributed by atoms with Crippen LogP contribution in [0.1, 0.15) is 19.3 Å². The predicted molar refractivity (Wildman–Crippen MR) is 76.0 cm³/mol. The number of hydrogen-bond donors (Lipinski definition) is 0. The van der Waals surface area contributed by atoms with Gasteiger partial charge in [-0.1, -0.05) is 0 Å². The van der Waals surface area contributed by atoms with Crippen molar-refractivity contribution in [2.75, 3.05) is 44.1 Å². The highest BCUT2D eigenvalue weighted by Crippen LogP contribution is 2.18. The maximum absolute atomic E-state index is 5.93. The molecule has 106 valence electrons. The summed E-state index contributed by atoms with van der Waals surface area (Å²) in [5, 5.41) is 0.213. The third-order valence-corrected chi connectivity index (χ3v) is 3.25. The Morgan fingerprint density at radius 2 is 1.89 bits per heavy atom. The molecule has 2 rings (SSSR count). The first-order chi connectivity index (χ1) is 9.06. The number of hydrogen-bond acceptors (Lipinski definition) is 6. The standard InChI is InChI=1S/C12H20ClN5O/c1-17(2)11-14-10(13)15-12(16-11)18(3)8-9-6-4-5-7-19-9/h9H,4-8H2,1-3H3. The van der Waals surface area contributed by atoms with Crippen LogP contribution in [0.5, 0.6) is 0 Å². The van der Waals surface area contributed by atoms with Crippen molar-refractivity contribution in [2.24, 2.45) is 0 Å². The Balaban J connectivity index is 2.07. The molecular formula is C12H20ClN5O. The average Bonchev–Trinajstić information content (AvgIpc) is 2.39. The molecule has 7 heteroatoms. The molecular weight excluding hydrogens is 266 g/mol. The number of anilines is 2. The van der Waals surface area contributed by atoms with E-state index in [1.54, 1.807) is 0 Å². The van der Waals surface area contributed by atoms with Crippen molar-refractivity contribution in [3.05, 3.63) is 5.28 Å². The summed E-state index contributed by atoms with van der Waals surface area (Å²) in [4.78, 5) is 16.4. The van der Waals surface area contributed by atoms with E-state index in [1.165, 1.54) is 6.42 Å². The molecule has 0 aromatic carbocycles. The largest absolute Gasteiger partial charge is 0.376 e. The Bertz CT molecular complexity index is 423. The van der Waals surface area contributed by atoms with E-state index < -0.39 is 0 Å². The number of ether oxygens (including phenoxy) is 1. The molecule has 0 radical (unpaired) electrons. The molecule has 0 N–H and O–H groups in total. The normalized spacial score (nSPS) is 19.3. The van der Waals surface area contributed by atoms with Crippen LogP contribution in [0, 0.1) is 0 Å². The molecule has 19 heavy (non-hydrogen) atoms. The van der Waals surface area contributed by atoms with Crippen LogP contribution in [0.3, 0.4) is 0 Å². The van der Waals surface area contributed by atoms with Gasteiger partial charge in [-0.25, -0.2) is 0 Å². The number of rotatable bonds is 4. The predicted octanol–water partition coefficient (Wildman–Crippen LogP) is 1.60. The van der Waals surface area contributed by atoms with Crippen LogP contribution in [-0.2, 0) is 4.74 Å². The van der Waals surface area contributed by atoms with Gasteiger partial charge < -0.3 is 14.5 Å². The van der Waals surface area contributed by atoms with Crippen LogP contribution in [0.4, 0.5) is 11.9 Å². The smallest absolute Gasteiger partial charge is 0.231 e. The molecule has 1 aromatic rings. The topological polar surface area (TPSA) is 54.4 Å². The summed E-state index contributed by atoms with van der Waals surface area (Å²) in [6.07, 6.45) is 3.71. The van der Waals surface area contributed by atoms with Crippen LogP contribution < -0.4 is 9.80 Å². The summed E-state index contributed by atoms with van der Waals surface area (Å²) in [5.74, 6) is 1.14. The van der Waals surface area contributed by atoms with Crippen LogP contribution in [0.2, 0.25) is 5.28 Å². The Labute approximate surface area is 118 Å². The fraction of sp³-hybridized carbons (Fsp3) is 0.750. The molecule has 1 aliphatic heterocycles. The number of halogens is 1. The summed E-state index contributed by atoms with van der Waals surface area (Å²) in [7, 11) is 5.70. The van der Waals surface area contributed by atoms with Gasteiger partial charge in [-0.15, -0.1) is 0 Å². The summed E-state index contributed by atoms with van der Waals surface area (Å²) in [5.41, 5.74) is 0. The molecule has 1 aromatic heterocycles. The molecule has 2 heterocycles. The molecule has 0 saturated carbocycles. The molecule has 1 atom stereocenters. The highest BCUT2D eigenvalue weighted by Gasteiger charge is 2.18. The van der Waals surface area contributed by atoms with E-state index in [4.69, 9.17) is 16.3 Å². The Morgan fingerprint density at radius 1 is 1.16 bits per heavy atom. The lowest BCUT2D eigenvalue weighted by Crippen LogP contribution is -2.34.